The van der Waals surface area contributed by atoms with E-state index in [0.29, 0.717) is 23.2 Å². The summed E-state index contributed by atoms with van der Waals surface area (Å²) in [5.41, 5.74) is 1.72. The number of anilines is 2. The fourth-order valence-corrected chi connectivity index (χ4v) is 5.04. The van der Waals surface area contributed by atoms with Crippen LogP contribution in [-0.4, -0.2) is 47.4 Å². The average molecular weight is 469 g/mol. The van der Waals surface area contributed by atoms with E-state index in [1.165, 1.54) is 25.5 Å². The Bertz CT molecular complexity index is 1240. The quantitative estimate of drug-likeness (QED) is 0.590. The Morgan fingerprint density at radius 3 is 2.72 bits per heavy atom. The molecule has 1 aliphatic heterocycles. The van der Waals surface area contributed by atoms with Crippen molar-refractivity contribution in [3.05, 3.63) is 48.2 Å². The number of fused-ring (bicyclic) bond motifs is 1. The second-order valence-electron chi connectivity index (χ2n) is 7.59. The van der Waals surface area contributed by atoms with Gasteiger partial charge in [0, 0.05) is 25.0 Å². The molecule has 3 aromatic rings. The first-order valence-corrected chi connectivity index (χ1v) is 11.3. The molecular formula is C21H22F3N3O4S. The maximum absolute atomic E-state index is 13.3. The predicted octanol–water partition coefficient (Wildman–Crippen LogP) is 3.89. The minimum atomic E-state index is -4.40. The highest BCUT2D eigenvalue weighted by atomic mass is 32.2. The van der Waals surface area contributed by atoms with Crippen molar-refractivity contribution in [3.8, 4) is 5.75 Å². The molecule has 1 aromatic heterocycles. The van der Waals surface area contributed by atoms with Crippen molar-refractivity contribution >= 4 is 32.4 Å². The van der Waals surface area contributed by atoms with Crippen LogP contribution in [0.1, 0.15) is 5.56 Å². The van der Waals surface area contributed by atoms with Gasteiger partial charge in [-0.1, -0.05) is 6.07 Å². The van der Waals surface area contributed by atoms with Gasteiger partial charge in [0.2, 0.25) is 0 Å². The van der Waals surface area contributed by atoms with Crippen molar-refractivity contribution in [2.75, 3.05) is 36.4 Å². The molecule has 0 amide bonds. The number of rotatable bonds is 5. The van der Waals surface area contributed by atoms with E-state index in [-0.39, 0.29) is 29.4 Å². The molecule has 0 spiro atoms. The Hall–Kier alpha value is -2.92. The number of benzene rings is 2. The minimum Gasteiger partial charge on any atom is -0.495 e. The topological polar surface area (TPSA) is 83.8 Å². The van der Waals surface area contributed by atoms with Crippen LogP contribution in [0.3, 0.4) is 0 Å². The van der Waals surface area contributed by atoms with Crippen molar-refractivity contribution in [1.29, 1.82) is 0 Å². The Balaban J connectivity index is 1.72. The van der Waals surface area contributed by atoms with Gasteiger partial charge in [0.05, 0.1) is 24.7 Å². The van der Waals surface area contributed by atoms with Gasteiger partial charge in [-0.3, -0.25) is 4.72 Å². The van der Waals surface area contributed by atoms with E-state index in [2.05, 4.69) is 10.0 Å². The molecule has 2 N–H and O–H groups in total. The summed E-state index contributed by atoms with van der Waals surface area (Å²) in [6.07, 6.45) is -2.98. The molecule has 1 saturated heterocycles. The zero-order valence-corrected chi connectivity index (χ0v) is 18.2. The summed E-state index contributed by atoms with van der Waals surface area (Å²) in [4.78, 5) is 1.51. The number of furan rings is 1. The van der Waals surface area contributed by atoms with E-state index >= 15 is 0 Å². The van der Waals surface area contributed by atoms with Crippen LogP contribution in [0.2, 0.25) is 0 Å². The van der Waals surface area contributed by atoms with Crippen LogP contribution in [0.5, 0.6) is 5.75 Å². The van der Waals surface area contributed by atoms with Gasteiger partial charge in [-0.05, 0) is 42.8 Å². The standard InChI is InChI=1S/C21H22F3N3O4S/c1-13-3-4-17(30-2)18(9-13)32(28,29)26-15-10-14-5-8-31-20(14)16(11-15)27-7-6-25-19(12-27)21(22,23)24/h3-5,8-11,19,25-26H,6-7,12H2,1-2H3. The molecule has 1 aliphatic rings. The second kappa shape index (κ2) is 8.21. The zero-order valence-electron chi connectivity index (χ0n) is 17.4. The summed E-state index contributed by atoms with van der Waals surface area (Å²) in [5, 5.41) is 3.04. The van der Waals surface area contributed by atoms with E-state index in [0.717, 1.165) is 5.56 Å². The van der Waals surface area contributed by atoms with Gasteiger partial charge >= 0.3 is 6.18 Å². The van der Waals surface area contributed by atoms with E-state index in [4.69, 9.17) is 9.15 Å². The number of piperazine rings is 1. The van der Waals surface area contributed by atoms with Crippen molar-refractivity contribution in [2.24, 2.45) is 0 Å². The number of halogens is 3. The number of ether oxygens (including phenoxy) is 1. The number of hydrogen-bond acceptors (Lipinski definition) is 6. The number of methoxy groups -OCH3 is 1. The molecule has 0 aliphatic carbocycles. The van der Waals surface area contributed by atoms with Gasteiger partial charge < -0.3 is 19.4 Å². The Morgan fingerprint density at radius 1 is 1.22 bits per heavy atom. The summed E-state index contributed by atoms with van der Waals surface area (Å²) in [6, 6.07) is 7.78. The first kappa shape index (κ1) is 22.3. The fourth-order valence-electron chi connectivity index (χ4n) is 3.75. The summed E-state index contributed by atoms with van der Waals surface area (Å²) >= 11 is 0. The Morgan fingerprint density at radius 2 is 2.00 bits per heavy atom. The molecule has 1 fully saturated rings. The van der Waals surface area contributed by atoms with Crippen LogP contribution in [-0.2, 0) is 10.0 Å². The zero-order chi connectivity index (χ0) is 23.1. The number of nitrogens with zero attached hydrogens (tertiary/aromatic N) is 1. The number of alkyl halides is 3. The molecule has 7 nitrogen and oxygen atoms in total. The van der Waals surface area contributed by atoms with Gasteiger partial charge in [-0.15, -0.1) is 0 Å². The SMILES string of the molecule is COc1ccc(C)cc1S(=O)(=O)Nc1cc(N2CCNC(C(F)(F)F)C2)c2occc2c1. The maximum Gasteiger partial charge on any atom is 0.405 e. The molecule has 4 rings (SSSR count). The number of sulfonamides is 1. The highest BCUT2D eigenvalue weighted by molar-refractivity contribution is 7.92. The van der Waals surface area contributed by atoms with Crippen LogP contribution in [0.25, 0.3) is 11.0 Å². The van der Waals surface area contributed by atoms with Gasteiger partial charge in [0.1, 0.15) is 16.7 Å². The summed E-state index contributed by atoms with van der Waals surface area (Å²) < 4.78 is 79.2. The lowest BCUT2D eigenvalue weighted by Gasteiger charge is -2.36. The van der Waals surface area contributed by atoms with Crippen molar-refractivity contribution in [2.45, 2.75) is 24.0 Å². The van der Waals surface area contributed by atoms with E-state index in [1.54, 1.807) is 36.1 Å². The normalized spacial score (nSPS) is 17.5. The van der Waals surface area contributed by atoms with Crippen LogP contribution < -0.4 is 19.7 Å². The van der Waals surface area contributed by atoms with E-state index in [9.17, 15) is 21.6 Å². The van der Waals surface area contributed by atoms with Crippen molar-refractivity contribution in [1.82, 2.24) is 5.32 Å². The van der Waals surface area contributed by atoms with Crippen LogP contribution in [0.15, 0.2) is 52.0 Å². The first-order chi connectivity index (χ1) is 15.1. The predicted molar refractivity (Wildman–Crippen MR) is 115 cm³/mol. The minimum absolute atomic E-state index is 0.0341. The number of hydrogen-bond donors (Lipinski definition) is 2. The molecule has 0 saturated carbocycles. The third-order valence-electron chi connectivity index (χ3n) is 5.30. The molecule has 11 heteroatoms. The van der Waals surface area contributed by atoms with Crippen LogP contribution in [0, 0.1) is 6.92 Å². The summed E-state index contributed by atoms with van der Waals surface area (Å²) in [6.45, 7) is 1.88. The van der Waals surface area contributed by atoms with Gasteiger partial charge in [-0.25, -0.2) is 8.42 Å². The fraction of sp³-hybridized carbons (Fsp3) is 0.333. The molecule has 0 radical (unpaired) electrons. The van der Waals surface area contributed by atoms with Crippen molar-refractivity contribution < 1.29 is 30.7 Å². The number of nitrogens with one attached hydrogen (secondary N) is 2. The summed E-state index contributed by atoms with van der Waals surface area (Å²) in [5.74, 6) is 0.183. The molecule has 2 aromatic carbocycles. The van der Waals surface area contributed by atoms with Gasteiger partial charge in [-0.2, -0.15) is 13.2 Å². The van der Waals surface area contributed by atoms with Gasteiger partial charge in [0.15, 0.2) is 5.58 Å². The second-order valence-corrected chi connectivity index (χ2v) is 9.24. The van der Waals surface area contributed by atoms with E-state index < -0.39 is 22.2 Å². The lowest BCUT2D eigenvalue weighted by atomic mass is 10.1. The average Bonchev–Trinajstić information content (AvgIpc) is 3.21. The Labute approximate surface area is 183 Å². The third kappa shape index (κ3) is 4.35. The first-order valence-electron chi connectivity index (χ1n) is 9.82. The molecule has 1 unspecified atom stereocenters. The molecule has 32 heavy (non-hydrogen) atoms. The lowest BCUT2D eigenvalue weighted by Crippen LogP contribution is -2.57. The molecule has 0 bridgehead atoms. The Kier molecular flexibility index (Phi) is 5.72. The van der Waals surface area contributed by atoms with Gasteiger partial charge in [0.25, 0.3) is 10.0 Å². The summed E-state index contributed by atoms with van der Waals surface area (Å²) in [7, 11) is -2.65. The van der Waals surface area contributed by atoms with Crippen LogP contribution in [0.4, 0.5) is 24.5 Å². The lowest BCUT2D eigenvalue weighted by molar-refractivity contribution is -0.155. The maximum atomic E-state index is 13.3. The molecular weight excluding hydrogens is 447 g/mol. The monoisotopic (exact) mass is 469 g/mol. The molecule has 2 heterocycles. The highest BCUT2D eigenvalue weighted by Gasteiger charge is 2.42. The highest BCUT2D eigenvalue weighted by Crippen LogP contribution is 2.35. The van der Waals surface area contributed by atoms with Crippen LogP contribution >= 0.6 is 0 Å². The third-order valence-corrected chi connectivity index (χ3v) is 6.71. The molecule has 172 valence electrons. The van der Waals surface area contributed by atoms with E-state index in [1.807, 2.05) is 0 Å². The number of aryl methyl sites for hydroxylation is 1. The van der Waals surface area contributed by atoms with Crippen molar-refractivity contribution in [3.63, 3.8) is 0 Å². The smallest absolute Gasteiger partial charge is 0.405 e. The molecule has 1 atom stereocenters. The largest absolute Gasteiger partial charge is 0.495 e.